The van der Waals surface area contributed by atoms with Gasteiger partial charge < -0.3 is 5.32 Å². The van der Waals surface area contributed by atoms with Gasteiger partial charge in [-0.05, 0) is 31.3 Å². The van der Waals surface area contributed by atoms with Gasteiger partial charge in [0.1, 0.15) is 5.41 Å². The van der Waals surface area contributed by atoms with Crippen LogP contribution in [0.15, 0.2) is 0 Å². The molecule has 0 saturated heterocycles. The number of carbonyl (C=O) groups is 1. The SMILES string of the molecule is CCCC(C#N)(CCC)C(=O)NCCCSC. The maximum absolute atomic E-state index is 12.1. The van der Waals surface area contributed by atoms with Crippen molar-refractivity contribution < 1.29 is 4.79 Å². The highest BCUT2D eigenvalue weighted by Crippen LogP contribution is 2.29. The van der Waals surface area contributed by atoms with Gasteiger partial charge in [0.25, 0.3) is 0 Å². The molecule has 1 amide bonds. The third kappa shape index (κ3) is 5.45. The highest BCUT2D eigenvalue weighted by molar-refractivity contribution is 7.98. The zero-order valence-corrected chi connectivity index (χ0v) is 12.0. The van der Waals surface area contributed by atoms with Crippen molar-refractivity contribution in [3.8, 4) is 6.07 Å². The summed E-state index contributed by atoms with van der Waals surface area (Å²) in [5.41, 5.74) is -0.803. The molecule has 3 nitrogen and oxygen atoms in total. The summed E-state index contributed by atoms with van der Waals surface area (Å²) in [7, 11) is 0. The summed E-state index contributed by atoms with van der Waals surface area (Å²) in [6.07, 6.45) is 6.07. The molecule has 0 atom stereocenters. The Morgan fingerprint density at radius 2 is 1.94 bits per heavy atom. The minimum Gasteiger partial charge on any atom is -0.355 e. The van der Waals surface area contributed by atoms with Crippen molar-refractivity contribution in [3.63, 3.8) is 0 Å². The Morgan fingerprint density at radius 3 is 2.35 bits per heavy atom. The van der Waals surface area contributed by atoms with Crippen LogP contribution in [0.2, 0.25) is 0 Å². The molecule has 17 heavy (non-hydrogen) atoms. The van der Waals surface area contributed by atoms with Crippen LogP contribution in [0.3, 0.4) is 0 Å². The molecule has 0 aliphatic carbocycles. The minimum absolute atomic E-state index is 0.0789. The van der Waals surface area contributed by atoms with E-state index in [2.05, 4.69) is 17.6 Å². The molecule has 0 heterocycles. The van der Waals surface area contributed by atoms with Crippen molar-refractivity contribution in [2.45, 2.75) is 46.0 Å². The molecule has 0 aromatic heterocycles. The Hall–Kier alpha value is -0.690. The fraction of sp³-hybridized carbons (Fsp3) is 0.846. The summed E-state index contributed by atoms with van der Waals surface area (Å²) in [6, 6.07) is 2.24. The summed E-state index contributed by atoms with van der Waals surface area (Å²) < 4.78 is 0. The van der Waals surface area contributed by atoms with Gasteiger partial charge in [0, 0.05) is 6.54 Å². The third-order valence-electron chi connectivity index (χ3n) is 2.81. The van der Waals surface area contributed by atoms with E-state index in [0.29, 0.717) is 19.4 Å². The second kappa shape index (κ2) is 9.35. The van der Waals surface area contributed by atoms with E-state index in [9.17, 15) is 10.1 Å². The predicted molar refractivity (Wildman–Crippen MR) is 73.9 cm³/mol. The average Bonchev–Trinajstić information content (AvgIpc) is 2.34. The van der Waals surface area contributed by atoms with E-state index < -0.39 is 5.41 Å². The van der Waals surface area contributed by atoms with E-state index in [0.717, 1.165) is 25.0 Å². The number of nitriles is 1. The van der Waals surface area contributed by atoms with Crippen molar-refractivity contribution in [3.05, 3.63) is 0 Å². The standard InChI is InChI=1S/C13H24N2OS/c1-4-7-13(11-14,8-5-2)12(16)15-9-6-10-17-3/h4-10H2,1-3H3,(H,15,16). The molecule has 0 aliphatic heterocycles. The zero-order chi connectivity index (χ0) is 13.1. The van der Waals surface area contributed by atoms with E-state index in [1.165, 1.54) is 0 Å². The van der Waals surface area contributed by atoms with Crippen LogP contribution in [0.1, 0.15) is 46.0 Å². The molecular weight excluding hydrogens is 232 g/mol. The van der Waals surface area contributed by atoms with Crippen molar-refractivity contribution in [1.29, 1.82) is 5.26 Å². The molecule has 0 rings (SSSR count). The van der Waals surface area contributed by atoms with E-state index in [-0.39, 0.29) is 5.91 Å². The van der Waals surface area contributed by atoms with Crippen molar-refractivity contribution >= 4 is 17.7 Å². The lowest BCUT2D eigenvalue weighted by molar-refractivity contribution is -0.128. The number of nitrogens with zero attached hydrogens (tertiary/aromatic N) is 1. The van der Waals surface area contributed by atoms with Crippen LogP contribution in [0.25, 0.3) is 0 Å². The van der Waals surface area contributed by atoms with Crippen molar-refractivity contribution in [1.82, 2.24) is 5.32 Å². The summed E-state index contributed by atoms with van der Waals surface area (Å²) >= 11 is 1.77. The van der Waals surface area contributed by atoms with Crippen LogP contribution in [0.5, 0.6) is 0 Å². The number of hydrogen-bond acceptors (Lipinski definition) is 3. The van der Waals surface area contributed by atoms with Gasteiger partial charge in [-0.15, -0.1) is 0 Å². The summed E-state index contributed by atoms with van der Waals surface area (Å²) in [6.45, 7) is 4.71. The normalized spacial score (nSPS) is 10.9. The second-order valence-corrected chi connectivity index (χ2v) is 5.28. The van der Waals surface area contributed by atoms with Crippen LogP contribution in [0, 0.1) is 16.7 Å². The summed E-state index contributed by atoms with van der Waals surface area (Å²) in [4.78, 5) is 12.1. The lowest BCUT2D eigenvalue weighted by Crippen LogP contribution is -2.40. The van der Waals surface area contributed by atoms with E-state index in [4.69, 9.17) is 0 Å². The topological polar surface area (TPSA) is 52.9 Å². The molecule has 0 spiro atoms. The fourth-order valence-corrected chi connectivity index (χ4v) is 2.39. The monoisotopic (exact) mass is 256 g/mol. The molecule has 4 heteroatoms. The third-order valence-corrected chi connectivity index (χ3v) is 3.51. The second-order valence-electron chi connectivity index (χ2n) is 4.30. The number of carbonyl (C=O) groups excluding carboxylic acids is 1. The summed E-state index contributed by atoms with van der Waals surface area (Å²) in [5.74, 6) is 0.964. The Bertz CT molecular complexity index is 255. The molecule has 98 valence electrons. The molecule has 0 unspecified atom stereocenters. The lowest BCUT2D eigenvalue weighted by atomic mass is 9.80. The maximum Gasteiger partial charge on any atom is 0.240 e. The van der Waals surface area contributed by atoms with Crippen LogP contribution in [-0.4, -0.2) is 24.5 Å². The highest BCUT2D eigenvalue weighted by Gasteiger charge is 2.36. The van der Waals surface area contributed by atoms with E-state index in [1.54, 1.807) is 11.8 Å². The fourth-order valence-electron chi connectivity index (χ4n) is 1.96. The van der Waals surface area contributed by atoms with E-state index in [1.807, 2.05) is 13.8 Å². The van der Waals surface area contributed by atoms with Gasteiger partial charge in [-0.25, -0.2) is 0 Å². The van der Waals surface area contributed by atoms with Gasteiger partial charge in [0.05, 0.1) is 6.07 Å². The number of thioether (sulfide) groups is 1. The molecule has 0 aromatic carbocycles. The van der Waals surface area contributed by atoms with Crippen LogP contribution < -0.4 is 5.32 Å². The van der Waals surface area contributed by atoms with Crippen molar-refractivity contribution in [2.75, 3.05) is 18.6 Å². The van der Waals surface area contributed by atoms with Gasteiger partial charge in [-0.1, -0.05) is 26.7 Å². The van der Waals surface area contributed by atoms with Crippen LogP contribution in [0.4, 0.5) is 0 Å². The Balaban J connectivity index is 4.37. The predicted octanol–water partition coefficient (Wildman–Crippen LogP) is 2.97. The maximum atomic E-state index is 12.1. The molecule has 1 N–H and O–H groups in total. The van der Waals surface area contributed by atoms with Gasteiger partial charge in [-0.3, -0.25) is 4.79 Å². The number of rotatable bonds is 9. The van der Waals surface area contributed by atoms with Gasteiger partial charge >= 0.3 is 0 Å². The van der Waals surface area contributed by atoms with Gasteiger partial charge in [-0.2, -0.15) is 17.0 Å². The van der Waals surface area contributed by atoms with Crippen molar-refractivity contribution in [2.24, 2.45) is 5.41 Å². The van der Waals surface area contributed by atoms with Crippen LogP contribution in [-0.2, 0) is 4.79 Å². The first-order valence-corrected chi connectivity index (χ1v) is 7.74. The van der Waals surface area contributed by atoms with E-state index >= 15 is 0 Å². The molecule has 0 radical (unpaired) electrons. The first kappa shape index (κ1) is 16.3. The Kier molecular flexibility index (Phi) is 8.97. The molecule has 0 aromatic rings. The molecule has 0 saturated carbocycles. The number of nitrogens with one attached hydrogen (secondary N) is 1. The quantitative estimate of drug-likeness (QED) is 0.645. The van der Waals surface area contributed by atoms with Crippen LogP contribution >= 0.6 is 11.8 Å². The largest absolute Gasteiger partial charge is 0.355 e. The minimum atomic E-state index is -0.803. The average molecular weight is 256 g/mol. The molecule has 0 bridgehead atoms. The van der Waals surface area contributed by atoms with Gasteiger partial charge in [0.15, 0.2) is 0 Å². The Morgan fingerprint density at radius 1 is 1.35 bits per heavy atom. The Labute approximate surface area is 109 Å². The molecule has 0 aliphatic rings. The first-order chi connectivity index (χ1) is 8.16. The number of hydrogen-bond donors (Lipinski definition) is 1. The first-order valence-electron chi connectivity index (χ1n) is 6.35. The summed E-state index contributed by atoms with van der Waals surface area (Å²) in [5, 5.41) is 12.2. The number of amides is 1. The molecule has 0 fully saturated rings. The van der Waals surface area contributed by atoms with Gasteiger partial charge in [0.2, 0.25) is 5.91 Å². The smallest absolute Gasteiger partial charge is 0.240 e. The zero-order valence-electron chi connectivity index (χ0n) is 11.2. The highest BCUT2D eigenvalue weighted by atomic mass is 32.2. The molecular formula is C13H24N2OS. The lowest BCUT2D eigenvalue weighted by Gasteiger charge is -2.24.